The van der Waals surface area contributed by atoms with Crippen molar-refractivity contribution in [2.75, 3.05) is 39.5 Å². The molecule has 0 saturated carbocycles. The van der Waals surface area contributed by atoms with Gasteiger partial charge in [-0.25, -0.2) is 14.2 Å². The summed E-state index contributed by atoms with van der Waals surface area (Å²) in [4.78, 5) is 36.6. The van der Waals surface area contributed by atoms with Gasteiger partial charge in [0.15, 0.2) is 5.84 Å². The SMILES string of the molecule is CCOC(=O)C1=C(CN2CCOC(COC(=O)C(C)(C)C)C2)NC(c2nc[nH]n2)=NC1c1ccc(F)cc1Br. The van der Waals surface area contributed by atoms with Crippen molar-refractivity contribution < 1.29 is 28.2 Å². The molecule has 2 N–H and O–H groups in total. The molecule has 13 heteroatoms. The highest BCUT2D eigenvalue weighted by molar-refractivity contribution is 9.10. The Morgan fingerprint density at radius 2 is 2.08 bits per heavy atom. The largest absolute Gasteiger partial charge is 0.463 e. The molecule has 0 radical (unpaired) electrons. The van der Waals surface area contributed by atoms with Gasteiger partial charge in [-0.1, -0.05) is 22.0 Å². The molecular formula is C26H32BrFN6O5. The normalized spacial score (nSPS) is 20.3. The van der Waals surface area contributed by atoms with Crippen LogP contribution in [0, 0.1) is 11.2 Å². The number of nitrogens with zero attached hydrogens (tertiary/aromatic N) is 4. The number of ether oxygens (including phenoxy) is 3. The van der Waals surface area contributed by atoms with Crippen molar-refractivity contribution in [2.45, 2.75) is 39.8 Å². The Morgan fingerprint density at radius 1 is 1.28 bits per heavy atom. The van der Waals surface area contributed by atoms with E-state index in [0.717, 1.165) is 0 Å². The van der Waals surface area contributed by atoms with E-state index in [-0.39, 0.29) is 25.3 Å². The fraction of sp³-hybridized carbons (Fsp3) is 0.500. The Kier molecular flexibility index (Phi) is 9.13. The number of amidine groups is 1. The van der Waals surface area contributed by atoms with Crippen molar-refractivity contribution in [2.24, 2.45) is 10.4 Å². The molecule has 0 spiro atoms. The maximum absolute atomic E-state index is 13.9. The molecule has 1 saturated heterocycles. The molecule has 2 aromatic rings. The van der Waals surface area contributed by atoms with Crippen LogP contribution in [0.25, 0.3) is 0 Å². The molecule has 2 unspecified atom stereocenters. The maximum atomic E-state index is 13.9. The number of hydrogen-bond acceptors (Lipinski definition) is 10. The molecule has 210 valence electrons. The van der Waals surface area contributed by atoms with Gasteiger partial charge in [-0.2, -0.15) is 5.10 Å². The number of rotatable bonds is 8. The van der Waals surface area contributed by atoms with Crippen LogP contribution in [0.2, 0.25) is 0 Å². The van der Waals surface area contributed by atoms with Crippen LogP contribution in [0.5, 0.6) is 0 Å². The molecule has 4 rings (SSSR count). The molecule has 0 bridgehead atoms. The Labute approximate surface area is 234 Å². The molecule has 1 aromatic heterocycles. The molecule has 2 atom stereocenters. The van der Waals surface area contributed by atoms with Gasteiger partial charge >= 0.3 is 11.9 Å². The summed E-state index contributed by atoms with van der Waals surface area (Å²) in [6, 6.07) is 3.42. The smallest absolute Gasteiger partial charge is 0.338 e. The third kappa shape index (κ3) is 7.08. The predicted octanol–water partition coefficient (Wildman–Crippen LogP) is 2.90. The number of nitrogens with one attached hydrogen (secondary N) is 2. The highest BCUT2D eigenvalue weighted by Crippen LogP contribution is 2.36. The van der Waals surface area contributed by atoms with E-state index in [4.69, 9.17) is 19.2 Å². The fourth-order valence-electron chi connectivity index (χ4n) is 4.19. The number of morpholine rings is 1. The van der Waals surface area contributed by atoms with Crippen LogP contribution in [0.3, 0.4) is 0 Å². The third-order valence-electron chi connectivity index (χ3n) is 6.12. The van der Waals surface area contributed by atoms with Crippen molar-refractivity contribution in [3.05, 3.63) is 57.5 Å². The monoisotopic (exact) mass is 606 g/mol. The molecule has 0 aliphatic carbocycles. The van der Waals surface area contributed by atoms with Crippen LogP contribution in [-0.2, 0) is 23.8 Å². The number of aromatic nitrogens is 3. The van der Waals surface area contributed by atoms with Crippen molar-refractivity contribution >= 4 is 33.7 Å². The van der Waals surface area contributed by atoms with Gasteiger partial charge in [-0.3, -0.25) is 19.8 Å². The highest BCUT2D eigenvalue weighted by Gasteiger charge is 2.35. The minimum atomic E-state index is -0.812. The minimum absolute atomic E-state index is 0.124. The number of aliphatic imine (C=N–C) groups is 1. The lowest BCUT2D eigenvalue weighted by atomic mass is 9.95. The topological polar surface area (TPSA) is 131 Å². The first kappa shape index (κ1) is 28.8. The van der Waals surface area contributed by atoms with Gasteiger partial charge < -0.3 is 19.5 Å². The number of H-pyrrole nitrogens is 1. The van der Waals surface area contributed by atoms with Crippen LogP contribution in [0.1, 0.15) is 45.1 Å². The summed E-state index contributed by atoms with van der Waals surface area (Å²) in [6.45, 7) is 9.21. The average Bonchev–Trinajstić information content (AvgIpc) is 3.42. The van der Waals surface area contributed by atoms with Crippen molar-refractivity contribution in [1.82, 2.24) is 25.4 Å². The molecule has 2 aliphatic heterocycles. The van der Waals surface area contributed by atoms with E-state index < -0.39 is 23.2 Å². The summed E-state index contributed by atoms with van der Waals surface area (Å²) >= 11 is 3.43. The summed E-state index contributed by atoms with van der Waals surface area (Å²) in [5.41, 5.74) is 0.822. The second-order valence-electron chi connectivity index (χ2n) is 10.2. The zero-order valence-corrected chi connectivity index (χ0v) is 23.9. The fourth-order valence-corrected chi connectivity index (χ4v) is 4.76. The first-order chi connectivity index (χ1) is 18.6. The molecule has 0 amide bonds. The van der Waals surface area contributed by atoms with E-state index in [1.165, 1.54) is 18.5 Å². The van der Waals surface area contributed by atoms with E-state index in [1.807, 2.05) is 0 Å². The lowest BCUT2D eigenvalue weighted by molar-refractivity contribution is -0.159. The van der Waals surface area contributed by atoms with Gasteiger partial charge in [-0.05, 0) is 45.4 Å². The Balaban J connectivity index is 1.65. The summed E-state index contributed by atoms with van der Waals surface area (Å²) in [5, 5.41) is 10.1. The number of benzene rings is 1. The first-order valence-electron chi connectivity index (χ1n) is 12.6. The standard InChI is InChI=1S/C26H32BrFN6O5/c1-5-37-24(35)20-19(12-34-8-9-38-16(11-34)13-39-25(36)26(2,3)4)31-23(22-29-14-30-33-22)32-21(20)17-7-6-15(28)10-18(17)27/h6-7,10,14,16,21H,5,8-9,11-13H2,1-4H3,(H,31,32)(H,29,30,33). The quantitative estimate of drug-likeness (QED) is 0.435. The maximum Gasteiger partial charge on any atom is 0.338 e. The average molecular weight is 607 g/mol. The highest BCUT2D eigenvalue weighted by atomic mass is 79.9. The van der Waals surface area contributed by atoms with Crippen LogP contribution in [0.15, 0.2) is 45.3 Å². The summed E-state index contributed by atoms with van der Waals surface area (Å²) in [6.07, 6.45) is 1.10. The molecule has 1 aromatic carbocycles. The van der Waals surface area contributed by atoms with Gasteiger partial charge in [0.2, 0.25) is 5.82 Å². The number of carbonyl (C=O) groups is 2. The number of aromatic amines is 1. The van der Waals surface area contributed by atoms with Crippen LogP contribution >= 0.6 is 15.9 Å². The number of hydrogen-bond donors (Lipinski definition) is 2. The van der Waals surface area contributed by atoms with Crippen molar-refractivity contribution in [3.8, 4) is 0 Å². The van der Waals surface area contributed by atoms with Gasteiger partial charge in [0, 0.05) is 29.8 Å². The van der Waals surface area contributed by atoms with Gasteiger partial charge in [0.1, 0.15) is 30.9 Å². The molecule has 3 heterocycles. The van der Waals surface area contributed by atoms with Crippen molar-refractivity contribution in [3.63, 3.8) is 0 Å². The van der Waals surface area contributed by atoms with Crippen LogP contribution in [-0.4, -0.2) is 83.4 Å². The minimum Gasteiger partial charge on any atom is -0.463 e. The molecule has 11 nitrogen and oxygen atoms in total. The van der Waals surface area contributed by atoms with E-state index in [2.05, 4.69) is 41.3 Å². The summed E-state index contributed by atoms with van der Waals surface area (Å²) in [5.74, 6) is -0.601. The zero-order valence-electron chi connectivity index (χ0n) is 22.3. The first-order valence-corrected chi connectivity index (χ1v) is 13.4. The number of halogens is 2. The summed E-state index contributed by atoms with van der Waals surface area (Å²) in [7, 11) is 0. The molecular weight excluding hydrogens is 575 g/mol. The second kappa shape index (κ2) is 12.3. The Morgan fingerprint density at radius 3 is 2.74 bits per heavy atom. The lowest BCUT2D eigenvalue weighted by Gasteiger charge is -2.35. The summed E-state index contributed by atoms with van der Waals surface area (Å²) < 4.78 is 31.1. The third-order valence-corrected chi connectivity index (χ3v) is 6.81. The lowest BCUT2D eigenvalue weighted by Crippen LogP contribution is -2.48. The van der Waals surface area contributed by atoms with Gasteiger partial charge in [0.25, 0.3) is 0 Å². The number of carbonyl (C=O) groups excluding carboxylic acids is 2. The molecule has 39 heavy (non-hydrogen) atoms. The molecule has 2 aliphatic rings. The second-order valence-corrected chi connectivity index (χ2v) is 11.0. The van der Waals surface area contributed by atoms with E-state index >= 15 is 0 Å². The van der Waals surface area contributed by atoms with Crippen LogP contribution < -0.4 is 5.32 Å². The van der Waals surface area contributed by atoms with Gasteiger partial charge in [-0.15, -0.1) is 0 Å². The predicted molar refractivity (Wildman–Crippen MR) is 143 cm³/mol. The molecule has 1 fully saturated rings. The van der Waals surface area contributed by atoms with E-state index in [0.29, 0.717) is 59.2 Å². The van der Waals surface area contributed by atoms with Gasteiger partial charge in [0.05, 0.1) is 24.2 Å². The van der Waals surface area contributed by atoms with Crippen LogP contribution in [0.4, 0.5) is 4.39 Å². The van der Waals surface area contributed by atoms with E-state index in [1.54, 1.807) is 33.8 Å². The van der Waals surface area contributed by atoms with Crippen molar-refractivity contribution in [1.29, 1.82) is 0 Å². The zero-order chi connectivity index (χ0) is 28.2. The Hall–Kier alpha value is -3.16. The number of esters is 2. The Bertz CT molecular complexity index is 1260. The van der Waals surface area contributed by atoms with E-state index in [9.17, 15) is 14.0 Å².